The van der Waals surface area contributed by atoms with Crippen LogP contribution in [0.5, 0.6) is 0 Å². The minimum atomic E-state index is 0.808. The molecule has 0 aromatic carbocycles. The van der Waals surface area contributed by atoms with E-state index in [4.69, 9.17) is 11.6 Å². The summed E-state index contributed by atoms with van der Waals surface area (Å²) in [4.78, 5) is 5.11. The number of hydrogen-bond acceptors (Lipinski definition) is 2. The number of alkyl halides is 1. The highest BCUT2D eigenvalue weighted by Gasteiger charge is 2.23. The van der Waals surface area contributed by atoms with Gasteiger partial charge in [0.2, 0.25) is 0 Å². The van der Waals surface area contributed by atoms with Crippen molar-refractivity contribution in [1.29, 1.82) is 0 Å². The Morgan fingerprint density at radius 2 is 2.12 bits per heavy atom. The Morgan fingerprint density at radius 1 is 1.31 bits per heavy atom. The van der Waals surface area contributed by atoms with E-state index >= 15 is 0 Å². The van der Waals surface area contributed by atoms with E-state index < -0.39 is 0 Å². The molecule has 1 fully saturated rings. The van der Waals surface area contributed by atoms with Crippen LogP contribution in [0.4, 0.5) is 0 Å². The van der Waals surface area contributed by atoms with E-state index in [0.717, 1.165) is 11.9 Å². The number of rotatable bonds is 8. The number of unbranched alkanes of at least 4 members (excludes halogenated alkanes) is 2. The molecule has 0 radical (unpaired) electrons. The third-order valence-corrected chi connectivity index (χ3v) is 3.87. The quantitative estimate of drug-likeness (QED) is 0.480. The fourth-order valence-corrected chi connectivity index (χ4v) is 2.81. The smallest absolute Gasteiger partial charge is 0.0223 e. The summed E-state index contributed by atoms with van der Waals surface area (Å²) >= 11 is 5.67. The monoisotopic (exact) mass is 246 g/mol. The lowest BCUT2D eigenvalue weighted by atomic mass is 10.2. The van der Waals surface area contributed by atoms with Gasteiger partial charge in [-0.25, -0.2) is 0 Å². The molecule has 0 aromatic rings. The van der Waals surface area contributed by atoms with Gasteiger partial charge in [0, 0.05) is 18.5 Å². The van der Waals surface area contributed by atoms with Gasteiger partial charge >= 0.3 is 0 Å². The Bertz CT molecular complexity index is 175. The molecule has 0 spiro atoms. The van der Waals surface area contributed by atoms with Gasteiger partial charge in [0.25, 0.3) is 0 Å². The van der Waals surface area contributed by atoms with Crippen molar-refractivity contribution in [3.05, 3.63) is 0 Å². The summed E-state index contributed by atoms with van der Waals surface area (Å²) in [7, 11) is 2.26. The van der Waals surface area contributed by atoms with Crippen molar-refractivity contribution in [1.82, 2.24) is 9.80 Å². The summed E-state index contributed by atoms with van der Waals surface area (Å²) in [6, 6.07) is 0.808. The molecule has 0 aromatic heterocycles. The van der Waals surface area contributed by atoms with Crippen LogP contribution in [0.2, 0.25) is 0 Å². The van der Waals surface area contributed by atoms with Crippen LogP contribution in [0, 0.1) is 0 Å². The van der Waals surface area contributed by atoms with Crippen LogP contribution in [-0.4, -0.2) is 54.9 Å². The standard InChI is InChI=1S/C13H27ClN2/c1-3-16-11-7-8-13(16)12-15(2)10-6-4-5-9-14/h13H,3-12H2,1-2H3. The number of likely N-dealkylation sites (tertiary alicyclic amines) is 1. The number of hydrogen-bond donors (Lipinski definition) is 0. The van der Waals surface area contributed by atoms with Crippen LogP contribution in [0.1, 0.15) is 39.0 Å². The zero-order valence-electron chi connectivity index (χ0n) is 10.9. The molecule has 1 aliphatic heterocycles. The van der Waals surface area contributed by atoms with Crippen LogP contribution in [0.3, 0.4) is 0 Å². The summed E-state index contributed by atoms with van der Waals surface area (Å²) in [6.45, 7) is 7.27. The molecule has 1 saturated heterocycles. The molecule has 2 nitrogen and oxygen atoms in total. The lowest BCUT2D eigenvalue weighted by Crippen LogP contribution is -2.39. The summed E-state index contributed by atoms with van der Waals surface area (Å²) in [5.41, 5.74) is 0. The number of likely N-dealkylation sites (N-methyl/N-ethyl adjacent to an activating group) is 2. The zero-order chi connectivity index (χ0) is 11.8. The molecular formula is C13H27ClN2. The van der Waals surface area contributed by atoms with Crippen molar-refractivity contribution >= 4 is 11.6 Å². The maximum absolute atomic E-state index is 5.67. The Labute approximate surface area is 106 Å². The molecule has 0 saturated carbocycles. The summed E-state index contributed by atoms with van der Waals surface area (Å²) in [5, 5.41) is 0. The summed E-state index contributed by atoms with van der Waals surface area (Å²) in [5.74, 6) is 0.815. The average Bonchev–Trinajstić information content (AvgIpc) is 2.71. The van der Waals surface area contributed by atoms with E-state index in [2.05, 4.69) is 23.8 Å². The first-order chi connectivity index (χ1) is 7.77. The maximum atomic E-state index is 5.67. The Hall–Kier alpha value is 0.210. The molecular weight excluding hydrogens is 220 g/mol. The lowest BCUT2D eigenvalue weighted by molar-refractivity contribution is 0.197. The van der Waals surface area contributed by atoms with Crippen LogP contribution < -0.4 is 0 Å². The van der Waals surface area contributed by atoms with Crippen molar-refractivity contribution in [3.8, 4) is 0 Å². The van der Waals surface area contributed by atoms with Gasteiger partial charge in [-0.3, -0.25) is 4.90 Å². The minimum Gasteiger partial charge on any atom is -0.305 e. The van der Waals surface area contributed by atoms with E-state index in [0.29, 0.717) is 0 Å². The van der Waals surface area contributed by atoms with Gasteiger partial charge in [-0.05, 0) is 52.4 Å². The molecule has 0 N–H and O–H groups in total. The average molecular weight is 247 g/mol. The molecule has 0 bridgehead atoms. The highest BCUT2D eigenvalue weighted by Crippen LogP contribution is 2.17. The van der Waals surface area contributed by atoms with E-state index in [9.17, 15) is 0 Å². The predicted octanol–water partition coefficient (Wildman–Crippen LogP) is 2.81. The first-order valence-electron chi connectivity index (χ1n) is 6.76. The minimum absolute atomic E-state index is 0.808. The molecule has 1 heterocycles. The van der Waals surface area contributed by atoms with Crippen LogP contribution in [0.25, 0.3) is 0 Å². The number of halogens is 1. The van der Waals surface area contributed by atoms with Gasteiger partial charge in [0.1, 0.15) is 0 Å². The van der Waals surface area contributed by atoms with Gasteiger partial charge in [-0.1, -0.05) is 13.3 Å². The number of nitrogens with zero attached hydrogens (tertiary/aromatic N) is 2. The van der Waals surface area contributed by atoms with Crippen molar-refractivity contribution in [3.63, 3.8) is 0 Å². The van der Waals surface area contributed by atoms with Gasteiger partial charge in [-0.2, -0.15) is 0 Å². The first-order valence-corrected chi connectivity index (χ1v) is 7.30. The largest absolute Gasteiger partial charge is 0.305 e. The fourth-order valence-electron chi connectivity index (χ4n) is 2.62. The molecule has 16 heavy (non-hydrogen) atoms. The highest BCUT2D eigenvalue weighted by molar-refractivity contribution is 6.17. The van der Waals surface area contributed by atoms with E-state index in [1.165, 1.54) is 58.3 Å². The molecule has 1 aliphatic rings. The second kappa shape index (κ2) is 8.32. The van der Waals surface area contributed by atoms with E-state index in [-0.39, 0.29) is 0 Å². The van der Waals surface area contributed by atoms with Gasteiger partial charge in [-0.15, -0.1) is 11.6 Å². The van der Waals surface area contributed by atoms with Crippen LogP contribution in [-0.2, 0) is 0 Å². The van der Waals surface area contributed by atoms with Gasteiger partial charge in [0.05, 0.1) is 0 Å². The van der Waals surface area contributed by atoms with Gasteiger partial charge < -0.3 is 4.90 Å². The van der Waals surface area contributed by atoms with Crippen molar-refractivity contribution in [2.75, 3.05) is 39.1 Å². The van der Waals surface area contributed by atoms with Crippen molar-refractivity contribution in [2.45, 2.75) is 45.1 Å². The van der Waals surface area contributed by atoms with E-state index in [1.54, 1.807) is 0 Å². The molecule has 3 heteroatoms. The molecule has 1 rings (SSSR count). The second-order valence-electron chi connectivity index (χ2n) is 4.94. The van der Waals surface area contributed by atoms with Crippen molar-refractivity contribution in [2.24, 2.45) is 0 Å². The Kier molecular flexibility index (Phi) is 7.42. The fraction of sp³-hybridized carbons (Fsp3) is 1.00. The highest BCUT2D eigenvalue weighted by atomic mass is 35.5. The third kappa shape index (κ3) is 5.03. The SMILES string of the molecule is CCN1CCCC1CN(C)CCCCCCl. The molecule has 1 unspecified atom stereocenters. The maximum Gasteiger partial charge on any atom is 0.0223 e. The Morgan fingerprint density at radius 3 is 2.81 bits per heavy atom. The van der Waals surface area contributed by atoms with Crippen LogP contribution in [0.15, 0.2) is 0 Å². The Balaban J connectivity index is 2.10. The molecule has 1 atom stereocenters. The van der Waals surface area contributed by atoms with Crippen LogP contribution >= 0.6 is 11.6 Å². The van der Waals surface area contributed by atoms with E-state index in [1.807, 2.05) is 0 Å². The second-order valence-corrected chi connectivity index (χ2v) is 5.31. The normalized spacial score (nSPS) is 22.1. The van der Waals surface area contributed by atoms with Gasteiger partial charge in [0.15, 0.2) is 0 Å². The predicted molar refractivity (Wildman–Crippen MR) is 72.3 cm³/mol. The summed E-state index contributed by atoms with van der Waals surface area (Å²) in [6.07, 6.45) is 6.51. The molecule has 0 amide bonds. The lowest BCUT2D eigenvalue weighted by Gasteiger charge is -2.27. The first kappa shape index (κ1) is 14.3. The third-order valence-electron chi connectivity index (χ3n) is 3.60. The molecule has 96 valence electrons. The van der Waals surface area contributed by atoms with Crippen molar-refractivity contribution < 1.29 is 0 Å². The zero-order valence-corrected chi connectivity index (χ0v) is 11.7. The topological polar surface area (TPSA) is 6.48 Å². The summed E-state index contributed by atoms with van der Waals surface area (Å²) < 4.78 is 0. The molecule has 0 aliphatic carbocycles.